The molecule has 1 saturated heterocycles. The number of nitrogens with zero attached hydrogens (tertiary/aromatic N) is 3. The highest BCUT2D eigenvalue weighted by molar-refractivity contribution is 7.89. The molecule has 46 heavy (non-hydrogen) atoms. The summed E-state index contributed by atoms with van der Waals surface area (Å²) in [5.41, 5.74) is 1.20. The number of thiophene rings is 1. The Morgan fingerprint density at radius 2 is 1.91 bits per heavy atom. The molecule has 5 rings (SSSR count). The standard InChI is InChI=1S/C34H40ClN3O6S2/c1-34(16-18-38(34)32(39)29-23-45-31-9-6-5-8-28(29)31)33(40)37(21-24-10-13-26(35)14-11-24)17-7-19-46(41,42)36(2)22-25-12-15-27(43-3)20-30(25)44-4/h5-6,8-13,15,20,23,26H,7,14,16-19,21-22H2,1-4H3. The van der Waals surface area contributed by atoms with E-state index in [9.17, 15) is 18.0 Å². The average Bonchev–Trinajstić information content (AvgIpc) is 3.48. The summed E-state index contributed by atoms with van der Waals surface area (Å²) in [5.74, 6) is 0.644. The smallest absolute Gasteiger partial charge is 0.256 e. The van der Waals surface area contributed by atoms with Crippen molar-refractivity contribution in [3.05, 3.63) is 82.8 Å². The lowest BCUT2D eigenvalue weighted by molar-refractivity contribution is -0.148. The van der Waals surface area contributed by atoms with Gasteiger partial charge in [-0.2, -0.15) is 0 Å². The summed E-state index contributed by atoms with van der Waals surface area (Å²) in [6.07, 6.45) is 7.23. The maximum atomic E-state index is 14.3. The highest BCUT2D eigenvalue weighted by atomic mass is 35.5. The Hall–Kier alpha value is -3.38. The Labute approximate surface area is 280 Å². The second-order valence-electron chi connectivity index (χ2n) is 11.8. The van der Waals surface area contributed by atoms with E-state index in [0.29, 0.717) is 48.6 Å². The van der Waals surface area contributed by atoms with Gasteiger partial charge in [-0.25, -0.2) is 12.7 Å². The summed E-state index contributed by atoms with van der Waals surface area (Å²) < 4.78 is 39.7. The first-order valence-electron chi connectivity index (χ1n) is 15.2. The zero-order valence-corrected chi connectivity index (χ0v) is 29.0. The molecule has 2 heterocycles. The van der Waals surface area contributed by atoms with Crippen LogP contribution in [0, 0.1) is 0 Å². The number of rotatable bonds is 13. The Morgan fingerprint density at radius 1 is 1.13 bits per heavy atom. The molecular formula is C34H40ClN3O6S2. The molecule has 1 aromatic heterocycles. The van der Waals surface area contributed by atoms with Crippen LogP contribution in [0.25, 0.3) is 10.1 Å². The van der Waals surface area contributed by atoms with Crippen LogP contribution < -0.4 is 9.47 Å². The van der Waals surface area contributed by atoms with Crippen molar-refractivity contribution in [1.29, 1.82) is 0 Å². The van der Waals surface area contributed by atoms with Crippen molar-refractivity contribution in [2.45, 2.75) is 43.6 Å². The fourth-order valence-corrected chi connectivity index (χ4v) is 8.12. The summed E-state index contributed by atoms with van der Waals surface area (Å²) in [6.45, 7) is 2.93. The number of amides is 2. The van der Waals surface area contributed by atoms with Gasteiger partial charge in [0, 0.05) is 60.3 Å². The van der Waals surface area contributed by atoms with E-state index in [4.69, 9.17) is 21.1 Å². The van der Waals surface area contributed by atoms with E-state index in [2.05, 4.69) is 0 Å². The van der Waals surface area contributed by atoms with E-state index in [-0.39, 0.29) is 42.5 Å². The van der Waals surface area contributed by atoms with Crippen LogP contribution in [0.3, 0.4) is 0 Å². The normalized spacial score (nSPS) is 19.6. The molecule has 0 bridgehead atoms. The fraction of sp³-hybridized carbons (Fsp3) is 0.412. The zero-order chi connectivity index (χ0) is 33.1. The number of methoxy groups -OCH3 is 2. The van der Waals surface area contributed by atoms with Crippen molar-refractivity contribution in [3.8, 4) is 11.5 Å². The molecule has 12 heteroatoms. The van der Waals surface area contributed by atoms with E-state index in [1.165, 1.54) is 29.8 Å². The largest absolute Gasteiger partial charge is 0.497 e. The van der Waals surface area contributed by atoms with Gasteiger partial charge in [0.05, 0.1) is 30.9 Å². The minimum Gasteiger partial charge on any atom is -0.497 e. The molecule has 1 aliphatic carbocycles. The third-order valence-corrected chi connectivity index (χ3v) is 12.0. The van der Waals surface area contributed by atoms with Gasteiger partial charge in [-0.15, -0.1) is 22.9 Å². The molecule has 2 unspecified atom stereocenters. The van der Waals surface area contributed by atoms with E-state index < -0.39 is 15.6 Å². The summed E-state index contributed by atoms with van der Waals surface area (Å²) in [6, 6.07) is 13.0. The highest BCUT2D eigenvalue weighted by Crippen LogP contribution is 2.37. The van der Waals surface area contributed by atoms with Crippen LogP contribution in [0.5, 0.6) is 11.5 Å². The SMILES string of the molecule is COc1ccc(CN(C)S(=O)(=O)CCCN(CC2=CCC(Cl)C=C2)C(=O)C2(C)CCN2C(=O)c2csc3ccccc23)c(OC)c1. The van der Waals surface area contributed by atoms with Gasteiger partial charge in [0.2, 0.25) is 15.9 Å². The third-order valence-electron chi connectivity index (χ3n) is 8.81. The van der Waals surface area contributed by atoms with Crippen LogP contribution in [0.15, 0.2) is 71.6 Å². The number of allylic oxidation sites excluding steroid dienone is 2. The minimum absolute atomic E-state index is 0.101. The summed E-state index contributed by atoms with van der Waals surface area (Å²) in [4.78, 5) is 31.4. The summed E-state index contributed by atoms with van der Waals surface area (Å²) in [7, 11) is 0.960. The molecule has 2 atom stereocenters. The first-order valence-corrected chi connectivity index (χ1v) is 18.1. The number of fused-ring (bicyclic) bond motifs is 1. The number of sulfonamides is 1. The lowest BCUT2D eigenvalue weighted by Crippen LogP contribution is -2.68. The number of alkyl halides is 1. The molecule has 0 saturated carbocycles. The molecule has 1 fully saturated rings. The Bertz CT molecular complexity index is 1770. The number of halogens is 1. The van der Waals surface area contributed by atoms with Crippen LogP contribution in [-0.2, 0) is 21.4 Å². The average molecular weight is 686 g/mol. The maximum absolute atomic E-state index is 14.3. The molecular weight excluding hydrogens is 646 g/mol. The number of hydrogen-bond acceptors (Lipinski definition) is 7. The molecule has 2 aromatic carbocycles. The van der Waals surface area contributed by atoms with Crippen LogP contribution in [-0.4, -0.2) is 91.9 Å². The van der Waals surface area contributed by atoms with E-state index in [1.54, 1.807) is 35.1 Å². The quantitative estimate of drug-likeness (QED) is 0.214. The molecule has 246 valence electrons. The molecule has 2 aliphatic rings. The van der Waals surface area contributed by atoms with Gasteiger partial charge in [0.15, 0.2) is 0 Å². The lowest BCUT2D eigenvalue weighted by Gasteiger charge is -2.51. The second-order valence-corrected chi connectivity index (χ2v) is 15.5. The number of likely N-dealkylation sites (tertiary alicyclic amines) is 1. The van der Waals surface area contributed by atoms with E-state index in [0.717, 1.165) is 15.7 Å². The minimum atomic E-state index is -3.66. The highest BCUT2D eigenvalue weighted by Gasteiger charge is 2.51. The monoisotopic (exact) mass is 685 g/mol. The van der Waals surface area contributed by atoms with Crippen molar-refractivity contribution in [1.82, 2.24) is 14.1 Å². The number of carbonyl (C=O) groups excluding carboxylic acids is 2. The predicted octanol–water partition coefficient (Wildman–Crippen LogP) is 5.70. The topological polar surface area (TPSA) is 96.5 Å². The van der Waals surface area contributed by atoms with E-state index in [1.807, 2.05) is 54.8 Å². The van der Waals surface area contributed by atoms with Gasteiger partial charge in [0.25, 0.3) is 5.91 Å². The Balaban J connectivity index is 1.29. The van der Waals surface area contributed by atoms with Crippen molar-refractivity contribution in [2.75, 3.05) is 46.7 Å². The van der Waals surface area contributed by atoms with Crippen molar-refractivity contribution >= 4 is 54.9 Å². The van der Waals surface area contributed by atoms with Crippen molar-refractivity contribution in [3.63, 3.8) is 0 Å². The first kappa shape index (κ1) is 34.0. The maximum Gasteiger partial charge on any atom is 0.256 e. The van der Waals surface area contributed by atoms with Crippen molar-refractivity contribution < 1.29 is 27.5 Å². The number of ether oxygens (including phenoxy) is 2. The zero-order valence-electron chi connectivity index (χ0n) is 26.6. The Kier molecular flexibility index (Phi) is 10.5. The third kappa shape index (κ3) is 7.12. The molecule has 2 amide bonds. The van der Waals surface area contributed by atoms with Gasteiger partial charge in [0.1, 0.15) is 17.0 Å². The predicted molar refractivity (Wildman–Crippen MR) is 183 cm³/mol. The lowest BCUT2D eigenvalue weighted by atomic mass is 9.84. The van der Waals surface area contributed by atoms with Crippen LogP contribution >= 0.6 is 22.9 Å². The summed E-state index contributed by atoms with van der Waals surface area (Å²) >= 11 is 7.75. The van der Waals surface area contributed by atoms with Gasteiger partial charge in [-0.05, 0) is 43.9 Å². The number of carbonyl (C=O) groups is 2. The van der Waals surface area contributed by atoms with Crippen LogP contribution in [0.1, 0.15) is 42.1 Å². The van der Waals surface area contributed by atoms with Crippen molar-refractivity contribution in [2.24, 2.45) is 0 Å². The molecule has 0 radical (unpaired) electrons. The van der Waals surface area contributed by atoms with Gasteiger partial charge < -0.3 is 19.3 Å². The number of benzene rings is 2. The molecule has 3 aromatic rings. The Morgan fingerprint density at radius 3 is 2.59 bits per heavy atom. The molecule has 0 spiro atoms. The van der Waals surface area contributed by atoms with E-state index >= 15 is 0 Å². The van der Waals surface area contributed by atoms with Gasteiger partial charge in [-0.1, -0.05) is 42.5 Å². The first-order chi connectivity index (χ1) is 22.0. The molecule has 0 N–H and O–H groups in total. The summed E-state index contributed by atoms with van der Waals surface area (Å²) in [5, 5.41) is 2.64. The molecule has 9 nitrogen and oxygen atoms in total. The van der Waals surface area contributed by atoms with Crippen LogP contribution in [0.4, 0.5) is 0 Å². The van der Waals surface area contributed by atoms with Gasteiger partial charge >= 0.3 is 0 Å². The van der Waals surface area contributed by atoms with Crippen LogP contribution in [0.2, 0.25) is 0 Å². The van der Waals surface area contributed by atoms with Gasteiger partial charge in [-0.3, -0.25) is 9.59 Å². The second kappa shape index (κ2) is 14.2. The number of hydrogen-bond donors (Lipinski definition) is 0. The fourth-order valence-electron chi connectivity index (χ4n) is 5.88. The molecule has 1 aliphatic heterocycles.